The first-order valence-corrected chi connectivity index (χ1v) is 10.7. The van der Waals surface area contributed by atoms with Crippen LogP contribution in [0.15, 0.2) is 46.5 Å². The predicted octanol–water partition coefficient (Wildman–Crippen LogP) is 3.15. The Balaban J connectivity index is 1.76. The Morgan fingerprint density at radius 2 is 2.10 bits per heavy atom. The highest BCUT2D eigenvalue weighted by Crippen LogP contribution is 2.30. The van der Waals surface area contributed by atoms with Crippen LogP contribution >= 0.6 is 23.4 Å². The van der Waals surface area contributed by atoms with Crippen molar-refractivity contribution in [2.24, 2.45) is 0 Å². The van der Waals surface area contributed by atoms with Crippen LogP contribution in [-0.2, 0) is 6.42 Å². The van der Waals surface area contributed by atoms with E-state index >= 15 is 0 Å². The third kappa shape index (κ3) is 2.87. The maximum absolute atomic E-state index is 13.1. The molecular weight excluding hydrogens is 424 g/mol. The van der Waals surface area contributed by atoms with E-state index in [0.29, 0.717) is 33.7 Å². The number of benzene rings is 1. The molecule has 0 bridgehead atoms. The minimum Gasteiger partial charge on any atom is -0.266 e. The first kappa shape index (κ1) is 18.8. The molecule has 5 rings (SSSR count). The summed E-state index contributed by atoms with van der Waals surface area (Å²) in [5, 5.41) is 21.3. The second-order valence-corrected chi connectivity index (χ2v) is 7.70. The fourth-order valence-electron chi connectivity index (χ4n) is 3.38. The summed E-state index contributed by atoms with van der Waals surface area (Å²) in [4.78, 5) is 17.3. The number of aromatic nitrogens is 8. The van der Waals surface area contributed by atoms with Crippen molar-refractivity contribution < 1.29 is 0 Å². The molecule has 1 aromatic carbocycles. The highest BCUT2D eigenvalue weighted by atomic mass is 35.5. The van der Waals surface area contributed by atoms with Gasteiger partial charge in [0, 0.05) is 11.2 Å². The molecule has 0 aliphatic rings. The molecule has 5 aromatic rings. The number of pyridine rings is 1. The second-order valence-electron chi connectivity index (χ2n) is 6.49. The van der Waals surface area contributed by atoms with Crippen molar-refractivity contribution in [2.45, 2.75) is 18.5 Å². The molecule has 0 amide bonds. The summed E-state index contributed by atoms with van der Waals surface area (Å²) in [6.07, 6.45) is 4.18. The van der Waals surface area contributed by atoms with E-state index in [0.717, 1.165) is 16.8 Å². The van der Waals surface area contributed by atoms with E-state index in [1.807, 2.05) is 37.4 Å². The van der Waals surface area contributed by atoms with E-state index in [2.05, 4.69) is 25.4 Å². The quantitative estimate of drug-likeness (QED) is 0.429. The van der Waals surface area contributed by atoms with E-state index < -0.39 is 0 Å². The number of hydrogen-bond acceptors (Lipinski definition) is 7. The molecule has 30 heavy (non-hydrogen) atoms. The Bertz CT molecular complexity index is 1470. The number of hydrogen-bond donors (Lipinski definition) is 1. The Morgan fingerprint density at radius 3 is 2.83 bits per heavy atom. The number of nitrogens with zero attached hydrogens (tertiary/aromatic N) is 7. The average molecular weight is 439 g/mol. The molecule has 4 heterocycles. The Morgan fingerprint density at radius 1 is 1.23 bits per heavy atom. The van der Waals surface area contributed by atoms with Crippen molar-refractivity contribution in [3.05, 3.63) is 57.6 Å². The molecule has 11 heteroatoms. The molecule has 0 atom stereocenters. The van der Waals surface area contributed by atoms with Crippen molar-refractivity contribution in [3.63, 3.8) is 0 Å². The van der Waals surface area contributed by atoms with E-state index in [4.69, 9.17) is 16.7 Å². The number of rotatable bonds is 4. The van der Waals surface area contributed by atoms with Crippen molar-refractivity contribution in [1.82, 2.24) is 39.6 Å². The van der Waals surface area contributed by atoms with Crippen molar-refractivity contribution in [1.29, 1.82) is 0 Å². The van der Waals surface area contributed by atoms with Crippen molar-refractivity contribution in [3.8, 4) is 17.1 Å². The summed E-state index contributed by atoms with van der Waals surface area (Å²) in [6, 6.07) is 9.30. The monoisotopic (exact) mass is 438 g/mol. The third-order valence-electron chi connectivity index (χ3n) is 4.76. The molecule has 0 aliphatic carbocycles. The van der Waals surface area contributed by atoms with Crippen LogP contribution in [0.5, 0.6) is 0 Å². The molecule has 9 nitrogen and oxygen atoms in total. The summed E-state index contributed by atoms with van der Waals surface area (Å²) >= 11 is 7.57. The largest absolute Gasteiger partial charge is 0.287 e. The van der Waals surface area contributed by atoms with Crippen LogP contribution in [-0.4, -0.2) is 45.8 Å². The molecule has 4 aromatic heterocycles. The summed E-state index contributed by atoms with van der Waals surface area (Å²) in [5.41, 5.74) is 3.58. The van der Waals surface area contributed by atoms with Gasteiger partial charge in [-0.3, -0.25) is 9.36 Å². The molecule has 0 radical (unpaired) electrons. The first-order chi connectivity index (χ1) is 14.6. The highest BCUT2D eigenvalue weighted by Gasteiger charge is 2.19. The van der Waals surface area contributed by atoms with Gasteiger partial charge in [-0.25, -0.2) is 9.61 Å². The topological polar surface area (TPSA) is 107 Å². The lowest BCUT2D eigenvalue weighted by Gasteiger charge is -2.05. The van der Waals surface area contributed by atoms with Crippen molar-refractivity contribution in [2.75, 3.05) is 6.26 Å². The number of fused-ring (bicyclic) bond motifs is 3. The van der Waals surface area contributed by atoms with E-state index in [1.165, 1.54) is 16.3 Å². The van der Waals surface area contributed by atoms with Gasteiger partial charge in [0.1, 0.15) is 5.52 Å². The zero-order chi connectivity index (χ0) is 20.8. The van der Waals surface area contributed by atoms with Crippen LogP contribution in [0, 0.1) is 0 Å². The minimum atomic E-state index is -0.358. The number of thioether (sulfide) groups is 1. The smallest absolute Gasteiger partial charge is 0.266 e. The average Bonchev–Trinajstić information content (AvgIpc) is 3.38. The van der Waals surface area contributed by atoms with E-state index in [1.54, 1.807) is 16.8 Å². The second kappa shape index (κ2) is 7.22. The normalized spacial score (nSPS) is 11.6. The van der Waals surface area contributed by atoms with Gasteiger partial charge >= 0.3 is 0 Å². The van der Waals surface area contributed by atoms with Gasteiger partial charge in [0.25, 0.3) is 5.56 Å². The van der Waals surface area contributed by atoms with Gasteiger partial charge in [0.15, 0.2) is 11.2 Å². The zero-order valence-electron chi connectivity index (χ0n) is 16.0. The van der Waals surface area contributed by atoms with Crippen LogP contribution in [0.4, 0.5) is 0 Å². The third-order valence-corrected chi connectivity index (χ3v) is 5.55. The van der Waals surface area contributed by atoms with Gasteiger partial charge in [-0.15, -0.1) is 15.3 Å². The van der Waals surface area contributed by atoms with E-state index in [-0.39, 0.29) is 11.1 Å². The van der Waals surface area contributed by atoms with Crippen LogP contribution < -0.4 is 5.56 Å². The van der Waals surface area contributed by atoms with E-state index in [9.17, 15) is 4.79 Å². The maximum Gasteiger partial charge on any atom is 0.287 e. The lowest BCUT2D eigenvalue weighted by molar-refractivity contribution is 0.867. The summed E-state index contributed by atoms with van der Waals surface area (Å²) in [6.45, 7) is 2.02. The fraction of sp³-hybridized carbons (Fsp3) is 0.158. The Labute approximate surface area is 179 Å². The van der Waals surface area contributed by atoms with Gasteiger partial charge in [-0.2, -0.15) is 10.1 Å². The lowest BCUT2D eigenvalue weighted by Crippen LogP contribution is -2.21. The molecule has 0 aliphatic heterocycles. The van der Waals surface area contributed by atoms with Crippen LogP contribution in [0.25, 0.3) is 33.8 Å². The maximum atomic E-state index is 13.1. The molecule has 0 unspecified atom stereocenters. The summed E-state index contributed by atoms with van der Waals surface area (Å²) < 4.78 is 3.02. The molecular formula is C19H15ClN8OS. The molecule has 0 saturated heterocycles. The molecule has 0 saturated carbocycles. The van der Waals surface area contributed by atoms with Crippen molar-refractivity contribution >= 4 is 40.0 Å². The summed E-state index contributed by atoms with van der Waals surface area (Å²) in [7, 11) is 0. The van der Waals surface area contributed by atoms with Crippen LogP contribution in [0.3, 0.4) is 0 Å². The Hall–Kier alpha value is -3.24. The van der Waals surface area contributed by atoms with Crippen LogP contribution in [0.2, 0.25) is 5.02 Å². The van der Waals surface area contributed by atoms with Gasteiger partial charge in [-0.05, 0) is 36.4 Å². The summed E-state index contributed by atoms with van der Waals surface area (Å²) in [5.74, 6) is 0.322. The number of H-pyrrole nitrogens is 1. The standard InChI is InChI=1S/C19H15ClN8OS/c1-3-12-14(10-5-4-6-11(20)9-10)16-23-22-15-13(28(16)26-12)7-8-27(17(15)29)18-21-19(30-2)25-24-18/h4-9H,3H2,1-2H3,(H,21,24,25). The van der Waals surface area contributed by atoms with Gasteiger partial charge in [-0.1, -0.05) is 42.4 Å². The minimum absolute atomic E-state index is 0.190. The number of aromatic amines is 1. The number of aryl methyl sites for hydroxylation is 1. The number of halogens is 1. The zero-order valence-corrected chi connectivity index (χ0v) is 17.6. The van der Waals surface area contributed by atoms with Gasteiger partial charge < -0.3 is 0 Å². The Kier molecular flexibility index (Phi) is 4.52. The number of nitrogens with one attached hydrogen (secondary N) is 1. The molecule has 0 spiro atoms. The predicted molar refractivity (Wildman–Crippen MR) is 115 cm³/mol. The first-order valence-electron chi connectivity index (χ1n) is 9.13. The molecule has 150 valence electrons. The highest BCUT2D eigenvalue weighted by molar-refractivity contribution is 7.98. The SMILES string of the molecule is CCc1nn2c(nnc3c(=O)n(-c4nc(SC)n[nH]4)ccc32)c1-c1cccc(Cl)c1. The molecule has 1 N–H and O–H groups in total. The van der Waals surface area contributed by atoms with Gasteiger partial charge in [0.05, 0.1) is 11.3 Å². The van der Waals surface area contributed by atoms with Gasteiger partial charge in [0.2, 0.25) is 11.1 Å². The van der Waals surface area contributed by atoms with Crippen LogP contribution in [0.1, 0.15) is 12.6 Å². The fourth-order valence-corrected chi connectivity index (χ4v) is 3.89. The lowest BCUT2D eigenvalue weighted by atomic mass is 10.0. The molecule has 0 fully saturated rings.